The van der Waals surface area contributed by atoms with Crippen molar-refractivity contribution in [1.82, 2.24) is 0 Å². The standard InChI is InChI=1S/C17H13F3O/c1-12-7-5-6-10-14(12)15(11-17(18,19)20)16(21)13-8-3-2-4-9-13/h2-11H,1H3. The summed E-state index contributed by atoms with van der Waals surface area (Å²) in [6, 6.07) is 14.5. The van der Waals surface area contributed by atoms with E-state index in [1.807, 2.05) is 0 Å². The number of allylic oxidation sites excluding steroid dienone is 2. The molecule has 0 bridgehead atoms. The summed E-state index contributed by atoms with van der Waals surface area (Å²) in [5.41, 5.74) is 0.809. The van der Waals surface area contributed by atoms with Crippen LogP contribution in [-0.4, -0.2) is 12.0 Å². The van der Waals surface area contributed by atoms with Crippen LogP contribution in [0.5, 0.6) is 0 Å². The predicted octanol–water partition coefficient (Wildman–Crippen LogP) is 4.82. The maximum absolute atomic E-state index is 12.8. The van der Waals surface area contributed by atoms with Gasteiger partial charge >= 0.3 is 6.18 Å². The van der Waals surface area contributed by atoms with Gasteiger partial charge in [0.1, 0.15) is 0 Å². The van der Waals surface area contributed by atoms with E-state index in [0.29, 0.717) is 11.1 Å². The van der Waals surface area contributed by atoms with Gasteiger partial charge in [0.25, 0.3) is 0 Å². The third-order valence-corrected chi connectivity index (χ3v) is 3.02. The first kappa shape index (κ1) is 15.0. The molecule has 108 valence electrons. The van der Waals surface area contributed by atoms with Crippen LogP contribution in [0.2, 0.25) is 0 Å². The fraction of sp³-hybridized carbons (Fsp3) is 0.118. The van der Waals surface area contributed by atoms with Crippen molar-refractivity contribution in [2.45, 2.75) is 13.1 Å². The molecule has 0 radical (unpaired) electrons. The molecule has 0 unspecified atom stereocenters. The second-order valence-electron chi connectivity index (χ2n) is 4.61. The SMILES string of the molecule is Cc1ccccc1C(=CC(F)(F)F)C(=O)c1ccccc1. The molecule has 0 saturated carbocycles. The van der Waals surface area contributed by atoms with Gasteiger partial charge in [-0.25, -0.2) is 0 Å². The first-order valence-electron chi connectivity index (χ1n) is 6.34. The average molecular weight is 290 g/mol. The smallest absolute Gasteiger partial charge is 0.289 e. The van der Waals surface area contributed by atoms with E-state index in [1.54, 1.807) is 43.3 Å². The molecular weight excluding hydrogens is 277 g/mol. The lowest BCUT2D eigenvalue weighted by atomic mass is 9.93. The summed E-state index contributed by atoms with van der Waals surface area (Å²) in [6.45, 7) is 1.68. The number of aryl methyl sites for hydroxylation is 1. The average Bonchev–Trinajstić information content (AvgIpc) is 2.45. The third-order valence-electron chi connectivity index (χ3n) is 3.02. The van der Waals surface area contributed by atoms with Crippen LogP contribution in [0.15, 0.2) is 60.7 Å². The van der Waals surface area contributed by atoms with Crippen LogP contribution in [0.4, 0.5) is 13.2 Å². The monoisotopic (exact) mass is 290 g/mol. The van der Waals surface area contributed by atoms with Crippen LogP contribution in [0.25, 0.3) is 5.57 Å². The Kier molecular flexibility index (Phi) is 4.26. The lowest BCUT2D eigenvalue weighted by Crippen LogP contribution is -2.10. The molecule has 0 N–H and O–H groups in total. The number of carbonyl (C=O) groups is 1. The summed E-state index contributed by atoms with van der Waals surface area (Å²) in [6.07, 6.45) is -4.48. The van der Waals surface area contributed by atoms with Crippen molar-refractivity contribution in [1.29, 1.82) is 0 Å². The van der Waals surface area contributed by atoms with Crippen LogP contribution in [0.1, 0.15) is 21.5 Å². The number of benzene rings is 2. The molecule has 2 aromatic carbocycles. The zero-order valence-corrected chi connectivity index (χ0v) is 11.3. The second kappa shape index (κ2) is 5.95. The minimum Gasteiger partial charge on any atom is -0.289 e. The summed E-state index contributed by atoms with van der Waals surface area (Å²) in [5, 5.41) is 0. The number of carbonyl (C=O) groups excluding carboxylic acids is 1. The summed E-state index contributed by atoms with van der Waals surface area (Å²) in [5.74, 6) is -0.637. The first-order chi connectivity index (χ1) is 9.88. The van der Waals surface area contributed by atoms with Gasteiger partial charge in [0.15, 0.2) is 5.78 Å². The number of Topliss-reactive ketones (excluding diaryl/α,β-unsaturated/α-hetero) is 1. The molecular formula is C17H13F3O. The van der Waals surface area contributed by atoms with Crippen molar-refractivity contribution in [3.05, 3.63) is 77.4 Å². The van der Waals surface area contributed by atoms with Gasteiger partial charge in [0.05, 0.1) is 0 Å². The van der Waals surface area contributed by atoms with Crippen molar-refractivity contribution in [2.24, 2.45) is 0 Å². The molecule has 0 heterocycles. The molecule has 0 aliphatic heterocycles. The predicted molar refractivity (Wildman–Crippen MR) is 76.0 cm³/mol. The lowest BCUT2D eigenvalue weighted by Gasteiger charge is -2.11. The molecule has 0 aliphatic rings. The second-order valence-corrected chi connectivity index (χ2v) is 4.61. The number of rotatable bonds is 3. The van der Waals surface area contributed by atoms with Gasteiger partial charge < -0.3 is 0 Å². The Labute approximate surface area is 120 Å². The molecule has 0 aliphatic carbocycles. The maximum Gasteiger partial charge on any atom is 0.410 e. The highest BCUT2D eigenvalue weighted by Gasteiger charge is 2.28. The number of alkyl halides is 3. The van der Waals surface area contributed by atoms with E-state index in [-0.39, 0.29) is 17.2 Å². The van der Waals surface area contributed by atoms with Gasteiger partial charge in [0.2, 0.25) is 0 Å². The quantitative estimate of drug-likeness (QED) is 0.585. The van der Waals surface area contributed by atoms with Gasteiger partial charge in [-0.2, -0.15) is 13.2 Å². The van der Waals surface area contributed by atoms with Crippen LogP contribution in [0, 0.1) is 6.92 Å². The zero-order chi connectivity index (χ0) is 15.5. The lowest BCUT2D eigenvalue weighted by molar-refractivity contribution is -0.0793. The Morgan fingerprint density at radius 2 is 1.52 bits per heavy atom. The van der Waals surface area contributed by atoms with Crippen molar-refractivity contribution < 1.29 is 18.0 Å². The Balaban J connectivity index is 2.56. The highest BCUT2D eigenvalue weighted by Crippen LogP contribution is 2.28. The zero-order valence-electron chi connectivity index (χ0n) is 11.3. The van der Waals surface area contributed by atoms with Gasteiger partial charge in [-0.15, -0.1) is 0 Å². The maximum atomic E-state index is 12.8. The van der Waals surface area contributed by atoms with E-state index in [2.05, 4.69) is 0 Å². The van der Waals surface area contributed by atoms with Crippen LogP contribution >= 0.6 is 0 Å². The van der Waals surface area contributed by atoms with Crippen LogP contribution < -0.4 is 0 Å². The molecule has 1 nitrogen and oxygen atoms in total. The molecule has 4 heteroatoms. The molecule has 21 heavy (non-hydrogen) atoms. The minimum atomic E-state index is -4.55. The molecule has 2 aromatic rings. The number of hydrogen-bond acceptors (Lipinski definition) is 1. The number of hydrogen-bond donors (Lipinski definition) is 0. The van der Waals surface area contributed by atoms with Gasteiger partial charge in [0, 0.05) is 17.2 Å². The summed E-state index contributed by atoms with van der Waals surface area (Å²) >= 11 is 0. The molecule has 0 fully saturated rings. The van der Waals surface area contributed by atoms with Gasteiger partial charge in [-0.1, -0.05) is 54.6 Å². The molecule has 0 saturated heterocycles. The van der Waals surface area contributed by atoms with Crippen LogP contribution in [-0.2, 0) is 0 Å². The van der Waals surface area contributed by atoms with Crippen molar-refractivity contribution in [2.75, 3.05) is 0 Å². The van der Waals surface area contributed by atoms with Crippen molar-refractivity contribution in [3.63, 3.8) is 0 Å². The van der Waals surface area contributed by atoms with E-state index >= 15 is 0 Å². The summed E-state index contributed by atoms with van der Waals surface area (Å²) < 4.78 is 38.3. The van der Waals surface area contributed by atoms with E-state index in [4.69, 9.17) is 0 Å². The minimum absolute atomic E-state index is 0.0741. The Morgan fingerprint density at radius 3 is 2.10 bits per heavy atom. The largest absolute Gasteiger partial charge is 0.410 e. The fourth-order valence-corrected chi connectivity index (χ4v) is 2.05. The van der Waals surface area contributed by atoms with E-state index in [1.165, 1.54) is 18.2 Å². The summed E-state index contributed by atoms with van der Waals surface area (Å²) in [4.78, 5) is 12.4. The Hall–Kier alpha value is -2.36. The number of halogens is 3. The molecule has 2 rings (SSSR count). The molecule has 0 aromatic heterocycles. The van der Waals surface area contributed by atoms with E-state index in [9.17, 15) is 18.0 Å². The first-order valence-corrected chi connectivity index (χ1v) is 6.34. The van der Waals surface area contributed by atoms with Gasteiger partial charge in [-0.3, -0.25) is 4.79 Å². The van der Waals surface area contributed by atoms with Gasteiger partial charge in [-0.05, 0) is 18.1 Å². The van der Waals surface area contributed by atoms with Crippen molar-refractivity contribution >= 4 is 11.4 Å². The molecule has 0 atom stereocenters. The normalized spacial score (nSPS) is 12.3. The third kappa shape index (κ3) is 3.81. The Morgan fingerprint density at radius 1 is 0.952 bits per heavy atom. The molecule has 0 amide bonds. The van der Waals surface area contributed by atoms with Crippen LogP contribution in [0.3, 0.4) is 0 Å². The topological polar surface area (TPSA) is 17.1 Å². The summed E-state index contributed by atoms with van der Waals surface area (Å²) in [7, 11) is 0. The van der Waals surface area contributed by atoms with Crippen molar-refractivity contribution in [3.8, 4) is 0 Å². The fourth-order valence-electron chi connectivity index (χ4n) is 2.05. The highest BCUT2D eigenvalue weighted by molar-refractivity contribution is 6.29. The van der Waals surface area contributed by atoms with E-state index in [0.717, 1.165) is 0 Å². The molecule has 0 spiro atoms. The Bertz CT molecular complexity index is 670. The number of ketones is 1. The highest BCUT2D eigenvalue weighted by atomic mass is 19.4. The van der Waals surface area contributed by atoms with E-state index < -0.39 is 12.0 Å².